The van der Waals surface area contributed by atoms with Crippen molar-refractivity contribution in [1.82, 2.24) is 10.2 Å². The standard InChI is InChI=1S/C20H31N3O2/c1-15-4-3-5-19(16(15)2)21-20(25)14-22-10-12-23(13-11-22)17-6-8-18(24)9-7-17/h6-9,15-16,19,24H,3-5,10-14H2,1-2H3,(H,21,25). The molecular formula is C20H31N3O2. The minimum atomic E-state index is 0.170. The first-order chi connectivity index (χ1) is 12.0. The summed E-state index contributed by atoms with van der Waals surface area (Å²) in [6.45, 7) is 8.68. The van der Waals surface area contributed by atoms with Crippen LogP contribution in [0.25, 0.3) is 0 Å². The summed E-state index contributed by atoms with van der Waals surface area (Å²) in [6, 6.07) is 7.69. The second kappa shape index (κ2) is 8.09. The van der Waals surface area contributed by atoms with Gasteiger partial charge in [0.1, 0.15) is 5.75 Å². The zero-order valence-electron chi connectivity index (χ0n) is 15.4. The summed E-state index contributed by atoms with van der Waals surface area (Å²) in [7, 11) is 0. The van der Waals surface area contributed by atoms with Gasteiger partial charge < -0.3 is 15.3 Å². The van der Waals surface area contributed by atoms with E-state index in [4.69, 9.17) is 0 Å². The lowest BCUT2D eigenvalue weighted by molar-refractivity contribution is -0.123. The van der Waals surface area contributed by atoms with Crippen molar-refractivity contribution in [2.75, 3.05) is 37.6 Å². The smallest absolute Gasteiger partial charge is 0.234 e. The molecule has 0 bridgehead atoms. The van der Waals surface area contributed by atoms with Crippen molar-refractivity contribution in [2.45, 2.75) is 39.2 Å². The number of phenolic OH excluding ortho intramolecular Hbond substituents is 1. The van der Waals surface area contributed by atoms with Gasteiger partial charge in [0.15, 0.2) is 0 Å². The van der Waals surface area contributed by atoms with Gasteiger partial charge in [-0.15, -0.1) is 0 Å². The molecule has 0 radical (unpaired) electrons. The summed E-state index contributed by atoms with van der Waals surface area (Å²) in [5.74, 6) is 1.74. The van der Waals surface area contributed by atoms with Gasteiger partial charge in [0.25, 0.3) is 0 Å². The van der Waals surface area contributed by atoms with Crippen LogP contribution in [0.4, 0.5) is 5.69 Å². The predicted octanol–water partition coefficient (Wildman–Crippen LogP) is 2.46. The fourth-order valence-electron chi connectivity index (χ4n) is 4.07. The van der Waals surface area contributed by atoms with Gasteiger partial charge in [-0.05, 0) is 42.5 Å². The molecule has 0 spiro atoms. The van der Waals surface area contributed by atoms with Gasteiger partial charge in [0.2, 0.25) is 5.91 Å². The normalized spacial score (nSPS) is 27.9. The van der Waals surface area contributed by atoms with E-state index in [1.807, 2.05) is 12.1 Å². The number of rotatable bonds is 4. The van der Waals surface area contributed by atoms with Gasteiger partial charge in [-0.25, -0.2) is 0 Å². The Kier molecular flexibility index (Phi) is 5.84. The molecule has 3 unspecified atom stereocenters. The van der Waals surface area contributed by atoms with Crippen molar-refractivity contribution >= 4 is 11.6 Å². The molecule has 1 aromatic carbocycles. The number of hydrogen-bond acceptors (Lipinski definition) is 4. The Morgan fingerprint density at radius 1 is 1.12 bits per heavy atom. The number of amides is 1. The van der Waals surface area contributed by atoms with Crippen LogP contribution in [0.5, 0.6) is 5.75 Å². The molecule has 2 fully saturated rings. The molecular weight excluding hydrogens is 314 g/mol. The number of carbonyl (C=O) groups is 1. The SMILES string of the molecule is CC1CCCC(NC(=O)CN2CCN(c3ccc(O)cc3)CC2)C1C. The molecule has 25 heavy (non-hydrogen) atoms. The lowest BCUT2D eigenvalue weighted by Gasteiger charge is -2.37. The largest absolute Gasteiger partial charge is 0.508 e. The van der Waals surface area contributed by atoms with Gasteiger partial charge in [-0.3, -0.25) is 9.69 Å². The van der Waals surface area contributed by atoms with Crippen molar-refractivity contribution in [1.29, 1.82) is 0 Å². The van der Waals surface area contributed by atoms with Crippen molar-refractivity contribution in [3.05, 3.63) is 24.3 Å². The molecule has 0 aromatic heterocycles. The number of anilines is 1. The van der Waals surface area contributed by atoms with Crippen LogP contribution < -0.4 is 10.2 Å². The van der Waals surface area contributed by atoms with Crippen molar-refractivity contribution < 1.29 is 9.90 Å². The monoisotopic (exact) mass is 345 g/mol. The summed E-state index contributed by atoms with van der Waals surface area (Å²) >= 11 is 0. The molecule has 1 aliphatic heterocycles. The summed E-state index contributed by atoms with van der Waals surface area (Å²) < 4.78 is 0. The molecule has 138 valence electrons. The van der Waals surface area contributed by atoms with Crippen LogP contribution in [0.2, 0.25) is 0 Å². The van der Waals surface area contributed by atoms with Gasteiger partial charge in [0, 0.05) is 37.9 Å². The fraction of sp³-hybridized carbons (Fsp3) is 0.650. The van der Waals surface area contributed by atoms with E-state index in [-0.39, 0.29) is 5.91 Å². The van der Waals surface area contributed by atoms with E-state index in [2.05, 4.69) is 29.0 Å². The Hall–Kier alpha value is -1.75. The van der Waals surface area contributed by atoms with Crippen LogP contribution in [-0.4, -0.2) is 54.7 Å². The quantitative estimate of drug-likeness (QED) is 0.880. The number of nitrogens with one attached hydrogen (secondary N) is 1. The summed E-state index contributed by atoms with van der Waals surface area (Å²) in [5.41, 5.74) is 1.13. The van der Waals surface area contributed by atoms with E-state index in [9.17, 15) is 9.90 Å². The van der Waals surface area contributed by atoms with E-state index in [0.717, 1.165) is 38.3 Å². The van der Waals surface area contributed by atoms with Crippen molar-refractivity contribution in [3.63, 3.8) is 0 Å². The molecule has 1 saturated carbocycles. The Balaban J connectivity index is 1.44. The highest BCUT2D eigenvalue weighted by Crippen LogP contribution is 2.29. The lowest BCUT2D eigenvalue weighted by atomic mass is 9.78. The number of piperazine rings is 1. The Morgan fingerprint density at radius 3 is 2.48 bits per heavy atom. The minimum Gasteiger partial charge on any atom is -0.508 e. The Labute approximate surface area is 151 Å². The second-order valence-corrected chi connectivity index (χ2v) is 7.72. The van der Waals surface area contributed by atoms with E-state index in [0.29, 0.717) is 30.2 Å². The molecule has 1 aromatic rings. The molecule has 3 rings (SSSR count). The first kappa shape index (κ1) is 18.1. The first-order valence-corrected chi connectivity index (χ1v) is 9.58. The molecule has 5 nitrogen and oxygen atoms in total. The first-order valence-electron chi connectivity index (χ1n) is 9.58. The summed E-state index contributed by atoms with van der Waals surface area (Å²) in [4.78, 5) is 17.0. The average molecular weight is 345 g/mol. The van der Waals surface area contributed by atoms with Crippen LogP contribution in [0.3, 0.4) is 0 Å². The maximum Gasteiger partial charge on any atom is 0.234 e. The maximum atomic E-state index is 12.4. The number of phenols is 1. The third kappa shape index (κ3) is 4.66. The molecule has 1 heterocycles. The molecule has 1 amide bonds. The summed E-state index contributed by atoms with van der Waals surface area (Å²) in [6.07, 6.45) is 3.63. The van der Waals surface area contributed by atoms with Gasteiger partial charge in [-0.1, -0.05) is 26.7 Å². The van der Waals surface area contributed by atoms with Crippen LogP contribution in [0.15, 0.2) is 24.3 Å². The third-order valence-corrected chi connectivity index (χ3v) is 6.01. The predicted molar refractivity (Wildman–Crippen MR) is 101 cm³/mol. The zero-order chi connectivity index (χ0) is 17.8. The lowest BCUT2D eigenvalue weighted by Crippen LogP contribution is -2.52. The van der Waals surface area contributed by atoms with E-state index in [1.165, 1.54) is 12.8 Å². The molecule has 2 aliphatic rings. The van der Waals surface area contributed by atoms with E-state index in [1.54, 1.807) is 12.1 Å². The Bertz CT molecular complexity index is 567. The zero-order valence-corrected chi connectivity index (χ0v) is 15.4. The molecule has 3 atom stereocenters. The molecule has 2 N–H and O–H groups in total. The highest BCUT2D eigenvalue weighted by Gasteiger charge is 2.28. The fourth-order valence-corrected chi connectivity index (χ4v) is 4.07. The van der Waals surface area contributed by atoms with Gasteiger partial charge in [0.05, 0.1) is 6.54 Å². The molecule has 5 heteroatoms. The second-order valence-electron chi connectivity index (χ2n) is 7.72. The molecule has 1 aliphatic carbocycles. The van der Waals surface area contributed by atoms with Gasteiger partial charge in [-0.2, -0.15) is 0 Å². The van der Waals surface area contributed by atoms with Gasteiger partial charge >= 0.3 is 0 Å². The average Bonchev–Trinajstić information content (AvgIpc) is 2.60. The highest BCUT2D eigenvalue weighted by molar-refractivity contribution is 5.78. The van der Waals surface area contributed by atoms with Crippen LogP contribution in [0, 0.1) is 11.8 Å². The van der Waals surface area contributed by atoms with E-state index >= 15 is 0 Å². The number of benzene rings is 1. The van der Waals surface area contributed by atoms with Crippen LogP contribution in [-0.2, 0) is 4.79 Å². The van der Waals surface area contributed by atoms with E-state index < -0.39 is 0 Å². The van der Waals surface area contributed by atoms with Crippen molar-refractivity contribution in [3.8, 4) is 5.75 Å². The van der Waals surface area contributed by atoms with Crippen LogP contribution in [0.1, 0.15) is 33.1 Å². The topological polar surface area (TPSA) is 55.8 Å². The summed E-state index contributed by atoms with van der Waals surface area (Å²) in [5, 5.41) is 12.7. The third-order valence-electron chi connectivity index (χ3n) is 6.01. The van der Waals surface area contributed by atoms with Crippen LogP contribution >= 0.6 is 0 Å². The number of hydrogen-bond donors (Lipinski definition) is 2. The van der Waals surface area contributed by atoms with Crippen molar-refractivity contribution in [2.24, 2.45) is 11.8 Å². The molecule has 1 saturated heterocycles. The maximum absolute atomic E-state index is 12.4. The highest BCUT2D eigenvalue weighted by atomic mass is 16.3. The number of aromatic hydroxyl groups is 1. The number of carbonyl (C=O) groups excluding carboxylic acids is 1. The minimum absolute atomic E-state index is 0.170. The number of nitrogens with zero attached hydrogens (tertiary/aromatic N) is 2. The Morgan fingerprint density at radius 2 is 1.80 bits per heavy atom.